The molecule has 2 fully saturated rings. The second kappa shape index (κ2) is 9.21. The van der Waals surface area contributed by atoms with E-state index in [1.165, 1.54) is 12.1 Å². The molecule has 0 spiro atoms. The molecule has 4 aromatic rings. The number of hydrogen-bond acceptors (Lipinski definition) is 9. The lowest BCUT2D eigenvalue weighted by Gasteiger charge is -2.19. The average Bonchev–Trinajstić information content (AvgIpc) is 3.80. The number of rotatable bonds is 8. The lowest BCUT2D eigenvalue weighted by Crippen LogP contribution is -2.29. The quantitative estimate of drug-likeness (QED) is 0.348. The maximum absolute atomic E-state index is 13.7. The molecule has 2 aliphatic rings. The Morgan fingerprint density at radius 2 is 1.82 bits per heavy atom. The molecule has 0 bridgehead atoms. The van der Waals surface area contributed by atoms with Gasteiger partial charge in [-0.3, -0.25) is 9.36 Å². The van der Waals surface area contributed by atoms with E-state index in [4.69, 9.17) is 10.1 Å². The predicted molar refractivity (Wildman–Crippen MR) is 142 cm³/mol. The second-order valence-corrected chi connectivity index (χ2v) is 11.7. The van der Waals surface area contributed by atoms with Crippen LogP contribution in [-0.2, 0) is 16.6 Å². The molecule has 1 atom stereocenters. The average molecular weight is 533 g/mol. The van der Waals surface area contributed by atoms with E-state index in [0.717, 1.165) is 48.2 Å². The van der Waals surface area contributed by atoms with E-state index in [-0.39, 0.29) is 28.9 Å². The fourth-order valence-corrected chi connectivity index (χ4v) is 5.34. The predicted octanol–water partition coefficient (Wildman–Crippen LogP) is 3.06. The van der Waals surface area contributed by atoms with E-state index in [0.29, 0.717) is 28.8 Å². The van der Waals surface area contributed by atoms with Gasteiger partial charge < -0.3 is 5.32 Å². The van der Waals surface area contributed by atoms with Gasteiger partial charge in [-0.05, 0) is 63.1 Å². The molecular formula is C26H28N8O3S. The fourth-order valence-electron chi connectivity index (χ4n) is 4.82. The van der Waals surface area contributed by atoms with Crippen LogP contribution in [0.1, 0.15) is 61.5 Å². The number of aromatic nitrogens is 6. The van der Waals surface area contributed by atoms with Gasteiger partial charge in [0.2, 0.25) is 10.0 Å². The molecule has 2 aliphatic carbocycles. The number of aryl methyl sites for hydroxylation is 1. The number of fused-ring (bicyclic) bond motifs is 1. The molecule has 11 nitrogen and oxygen atoms in total. The third-order valence-electron chi connectivity index (χ3n) is 7.31. The summed E-state index contributed by atoms with van der Waals surface area (Å²) in [6.07, 6.45) is 7.53. The van der Waals surface area contributed by atoms with Crippen LogP contribution in [0.25, 0.3) is 22.6 Å². The maximum atomic E-state index is 13.7. The van der Waals surface area contributed by atoms with Gasteiger partial charge in [-0.1, -0.05) is 12.1 Å². The van der Waals surface area contributed by atoms with Crippen molar-refractivity contribution in [2.24, 2.45) is 11.1 Å². The zero-order valence-corrected chi connectivity index (χ0v) is 21.9. The molecule has 2 saturated carbocycles. The van der Waals surface area contributed by atoms with Gasteiger partial charge >= 0.3 is 0 Å². The minimum Gasteiger partial charge on any atom is -0.361 e. The van der Waals surface area contributed by atoms with E-state index in [9.17, 15) is 13.2 Å². The minimum absolute atomic E-state index is 0.0301. The van der Waals surface area contributed by atoms with Crippen molar-refractivity contribution in [2.75, 3.05) is 5.32 Å². The molecule has 12 heteroatoms. The number of nitrogens with one attached hydrogen (secondary N) is 1. The molecule has 0 aliphatic heterocycles. The topological polar surface area (TPSA) is 159 Å². The summed E-state index contributed by atoms with van der Waals surface area (Å²) < 4.78 is 24.8. The summed E-state index contributed by atoms with van der Waals surface area (Å²) >= 11 is 0. The van der Waals surface area contributed by atoms with E-state index >= 15 is 0 Å². The van der Waals surface area contributed by atoms with Gasteiger partial charge in [0.15, 0.2) is 17.3 Å². The third-order valence-corrected chi connectivity index (χ3v) is 8.24. The van der Waals surface area contributed by atoms with Crippen molar-refractivity contribution >= 4 is 27.0 Å². The van der Waals surface area contributed by atoms with Crippen molar-refractivity contribution in [3.63, 3.8) is 0 Å². The zero-order chi connectivity index (χ0) is 26.6. The molecular weight excluding hydrogens is 504 g/mol. The summed E-state index contributed by atoms with van der Waals surface area (Å²) in [4.78, 5) is 36.7. The molecule has 0 saturated heterocycles. The van der Waals surface area contributed by atoms with Crippen LogP contribution in [-0.4, -0.2) is 37.9 Å². The summed E-state index contributed by atoms with van der Waals surface area (Å²) in [7, 11) is -3.77. The Kier molecular flexibility index (Phi) is 5.95. The molecule has 3 aromatic heterocycles. The van der Waals surface area contributed by atoms with Crippen molar-refractivity contribution in [3.05, 3.63) is 64.1 Å². The Morgan fingerprint density at radius 1 is 1.08 bits per heavy atom. The molecule has 0 unspecified atom stereocenters. The van der Waals surface area contributed by atoms with Crippen LogP contribution in [0, 0.1) is 12.8 Å². The number of benzene rings is 1. The second-order valence-electron chi connectivity index (χ2n) is 10.2. The monoisotopic (exact) mass is 532 g/mol. The third kappa shape index (κ3) is 4.65. The van der Waals surface area contributed by atoms with Gasteiger partial charge in [0.05, 0.1) is 28.0 Å². The molecule has 3 heterocycles. The van der Waals surface area contributed by atoms with Crippen molar-refractivity contribution < 1.29 is 8.42 Å². The first-order valence-electron chi connectivity index (χ1n) is 12.7. The Bertz CT molecular complexity index is 1710. The first-order valence-corrected chi connectivity index (χ1v) is 14.2. The van der Waals surface area contributed by atoms with E-state index in [1.54, 1.807) is 29.2 Å². The van der Waals surface area contributed by atoms with Gasteiger partial charge in [-0.15, -0.1) is 0 Å². The first-order chi connectivity index (χ1) is 18.2. The van der Waals surface area contributed by atoms with Crippen molar-refractivity contribution in [3.8, 4) is 11.4 Å². The van der Waals surface area contributed by atoms with Crippen molar-refractivity contribution in [1.29, 1.82) is 0 Å². The summed E-state index contributed by atoms with van der Waals surface area (Å²) in [5.74, 6) is 1.49. The van der Waals surface area contributed by atoms with Gasteiger partial charge in [0, 0.05) is 18.5 Å². The van der Waals surface area contributed by atoms with Crippen LogP contribution < -0.4 is 16.0 Å². The number of primary sulfonamides is 1. The molecule has 6 rings (SSSR count). The van der Waals surface area contributed by atoms with Crippen LogP contribution in [0.5, 0.6) is 0 Å². The fraction of sp³-hybridized carbons (Fsp3) is 0.385. The molecule has 0 amide bonds. The molecule has 38 heavy (non-hydrogen) atoms. The number of nitrogens with two attached hydrogens (primary N) is 1. The van der Waals surface area contributed by atoms with Crippen molar-refractivity contribution in [2.45, 2.75) is 62.9 Å². The van der Waals surface area contributed by atoms with Gasteiger partial charge in [-0.2, -0.15) is 0 Å². The summed E-state index contributed by atoms with van der Waals surface area (Å²) in [6.45, 7) is 4.25. The number of anilines is 1. The smallest absolute Gasteiger partial charge is 0.295 e. The van der Waals surface area contributed by atoms with Gasteiger partial charge in [0.25, 0.3) is 5.56 Å². The van der Waals surface area contributed by atoms with Crippen LogP contribution in [0.2, 0.25) is 0 Å². The van der Waals surface area contributed by atoms with E-state index in [1.807, 2.05) is 13.8 Å². The number of hydrogen-bond donors (Lipinski definition) is 2. The normalized spacial score (nSPS) is 16.5. The highest BCUT2D eigenvalue weighted by Gasteiger charge is 2.33. The highest BCUT2D eigenvalue weighted by atomic mass is 32.2. The number of sulfonamides is 1. The van der Waals surface area contributed by atoms with Gasteiger partial charge in [-0.25, -0.2) is 38.5 Å². The Hall–Kier alpha value is -3.77. The van der Waals surface area contributed by atoms with Gasteiger partial charge in [0.1, 0.15) is 11.8 Å². The summed E-state index contributed by atoms with van der Waals surface area (Å²) in [5.41, 5.74) is 4.12. The lowest BCUT2D eigenvalue weighted by molar-refractivity contribution is 0.482. The lowest BCUT2D eigenvalue weighted by atomic mass is 10.1. The maximum Gasteiger partial charge on any atom is 0.295 e. The zero-order valence-electron chi connectivity index (χ0n) is 21.1. The minimum atomic E-state index is -3.77. The molecule has 1 aromatic carbocycles. The van der Waals surface area contributed by atoms with Crippen LogP contribution in [0.4, 0.5) is 5.82 Å². The summed E-state index contributed by atoms with van der Waals surface area (Å²) in [5, 5.41) is 8.31. The standard InChI is InChI=1S/C26H28N8O3S/c1-14-21(22(18-7-8-18)31-13-30-14)23-29-12-20-25(33-23)34(15(2)17-5-6-17)26(35)24(32-20)28-11-16-3-9-19(10-4-16)38(27,36)37/h3-4,9-10,12-13,15,17-18H,5-8,11H2,1-2H3,(H,28,32)(H2,27,36,37)/t15-/m0/s1. The molecule has 0 radical (unpaired) electrons. The Balaban J connectivity index is 1.40. The molecule has 3 N–H and O–H groups in total. The Morgan fingerprint density at radius 3 is 2.47 bits per heavy atom. The Labute approximate surface area is 219 Å². The number of nitrogens with zero attached hydrogens (tertiary/aromatic N) is 6. The van der Waals surface area contributed by atoms with E-state index < -0.39 is 10.0 Å². The SMILES string of the molecule is Cc1ncnc(C2CC2)c1-c1ncc2nc(NCc3ccc(S(N)(=O)=O)cc3)c(=O)n([C@@H](C)C3CC3)c2n1. The molecule has 196 valence electrons. The van der Waals surface area contributed by atoms with Crippen LogP contribution >= 0.6 is 0 Å². The van der Waals surface area contributed by atoms with E-state index in [2.05, 4.69) is 25.3 Å². The van der Waals surface area contributed by atoms with Crippen molar-refractivity contribution in [1.82, 2.24) is 29.5 Å². The largest absolute Gasteiger partial charge is 0.361 e. The highest BCUT2D eigenvalue weighted by molar-refractivity contribution is 7.89. The van der Waals surface area contributed by atoms with Crippen LogP contribution in [0.3, 0.4) is 0 Å². The first kappa shape index (κ1) is 24.6. The van der Waals surface area contributed by atoms with Crippen LogP contribution in [0.15, 0.2) is 46.5 Å². The highest BCUT2D eigenvalue weighted by Crippen LogP contribution is 2.43. The summed E-state index contributed by atoms with van der Waals surface area (Å²) in [6, 6.07) is 6.12.